The Balaban J connectivity index is 1.58. The van der Waals surface area contributed by atoms with Crippen LogP contribution < -0.4 is 16.0 Å². The Morgan fingerprint density at radius 2 is 1.85 bits per heavy atom. The molecular weight excluding hydrogens is 342 g/mol. The molecule has 0 saturated heterocycles. The van der Waals surface area contributed by atoms with Crippen molar-refractivity contribution in [3.05, 3.63) is 65.2 Å². The Labute approximate surface area is 159 Å². The molecule has 142 valence electrons. The van der Waals surface area contributed by atoms with Crippen LogP contribution in [0.1, 0.15) is 41.3 Å². The summed E-state index contributed by atoms with van der Waals surface area (Å²) in [4.78, 5) is 24.3. The van der Waals surface area contributed by atoms with Crippen LogP contribution in [-0.2, 0) is 17.9 Å². The molecule has 3 amide bonds. The average molecular weight is 367 g/mol. The Morgan fingerprint density at radius 3 is 2.59 bits per heavy atom. The zero-order chi connectivity index (χ0) is 19.1. The molecule has 3 N–H and O–H groups in total. The number of ether oxygens (including phenoxy) is 1. The van der Waals surface area contributed by atoms with Crippen molar-refractivity contribution in [2.45, 2.75) is 39.0 Å². The highest BCUT2D eigenvalue weighted by molar-refractivity contribution is 5.96. The summed E-state index contributed by atoms with van der Waals surface area (Å²) in [6, 6.07) is 14.9. The third-order valence-corrected chi connectivity index (χ3v) is 4.31. The summed E-state index contributed by atoms with van der Waals surface area (Å²) >= 11 is 0. The number of rotatable bonds is 8. The van der Waals surface area contributed by atoms with Crippen LogP contribution in [0.5, 0.6) is 0 Å². The highest BCUT2D eigenvalue weighted by Crippen LogP contribution is 2.19. The van der Waals surface area contributed by atoms with Crippen LogP contribution in [0.25, 0.3) is 0 Å². The minimum absolute atomic E-state index is 0.188. The third kappa shape index (κ3) is 5.82. The highest BCUT2D eigenvalue weighted by Gasteiger charge is 2.23. The maximum absolute atomic E-state index is 12.5. The van der Waals surface area contributed by atoms with E-state index in [4.69, 9.17) is 4.74 Å². The molecule has 0 spiro atoms. The first-order valence-corrected chi connectivity index (χ1v) is 9.26. The van der Waals surface area contributed by atoms with E-state index in [0.29, 0.717) is 31.0 Å². The number of anilines is 1. The smallest absolute Gasteiger partial charge is 0.319 e. The number of nitrogens with one attached hydrogen (secondary N) is 3. The van der Waals surface area contributed by atoms with E-state index < -0.39 is 0 Å². The molecule has 27 heavy (non-hydrogen) atoms. The van der Waals surface area contributed by atoms with Crippen molar-refractivity contribution in [2.24, 2.45) is 0 Å². The van der Waals surface area contributed by atoms with Gasteiger partial charge in [-0.2, -0.15) is 0 Å². The van der Waals surface area contributed by atoms with Gasteiger partial charge in [-0.1, -0.05) is 30.3 Å². The summed E-state index contributed by atoms with van der Waals surface area (Å²) in [7, 11) is 0. The van der Waals surface area contributed by atoms with E-state index in [1.807, 2.05) is 31.2 Å². The fourth-order valence-electron chi connectivity index (χ4n) is 2.68. The molecular formula is C21H25N3O3. The molecule has 1 aliphatic rings. The van der Waals surface area contributed by atoms with Crippen molar-refractivity contribution in [2.75, 3.05) is 11.9 Å². The number of hydrogen-bond acceptors (Lipinski definition) is 3. The fraction of sp³-hybridized carbons (Fsp3) is 0.333. The molecule has 0 bridgehead atoms. The van der Waals surface area contributed by atoms with Crippen molar-refractivity contribution in [1.82, 2.24) is 10.6 Å². The molecule has 2 aromatic rings. The zero-order valence-electron chi connectivity index (χ0n) is 15.5. The number of urea groups is 1. The molecule has 2 aromatic carbocycles. The molecule has 0 aliphatic heterocycles. The first-order chi connectivity index (χ1) is 13.2. The zero-order valence-corrected chi connectivity index (χ0v) is 15.5. The van der Waals surface area contributed by atoms with Crippen LogP contribution in [0.15, 0.2) is 48.5 Å². The van der Waals surface area contributed by atoms with E-state index in [1.165, 1.54) is 0 Å². The number of carbonyl (C=O) groups is 2. The molecule has 1 saturated carbocycles. The second-order valence-corrected chi connectivity index (χ2v) is 6.54. The van der Waals surface area contributed by atoms with Crippen LogP contribution in [0, 0.1) is 0 Å². The van der Waals surface area contributed by atoms with Gasteiger partial charge < -0.3 is 20.7 Å². The molecule has 3 rings (SSSR count). The van der Waals surface area contributed by atoms with Crippen LogP contribution in [0.4, 0.5) is 10.5 Å². The van der Waals surface area contributed by atoms with Gasteiger partial charge in [-0.15, -0.1) is 0 Å². The van der Waals surface area contributed by atoms with Gasteiger partial charge in [-0.05, 0) is 49.1 Å². The monoisotopic (exact) mass is 367 g/mol. The lowest BCUT2D eigenvalue weighted by Crippen LogP contribution is -2.30. The first kappa shape index (κ1) is 18.9. The van der Waals surface area contributed by atoms with E-state index in [0.717, 1.165) is 24.0 Å². The van der Waals surface area contributed by atoms with Gasteiger partial charge in [0.2, 0.25) is 0 Å². The van der Waals surface area contributed by atoms with Crippen molar-refractivity contribution < 1.29 is 14.3 Å². The summed E-state index contributed by atoms with van der Waals surface area (Å²) < 4.78 is 5.48. The fourth-order valence-corrected chi connectivity index (χ4v) is 2.68. The van der Waals surface area contributed by atoms with Crippen molar-refractivity contribution in [3.63, 3.8) is 0 Å². The lowest BCUT2D eigenvalue weighted by molar-refractivity contribution is 0.0949. The molecule has 6 heteroatoms. The lowest BCUT2D eigenvalue weighted by Gasteiger charge is -2.12. The van der Waals surface area contributed by atoms with Crippen LogP contribution in [0.3, 0.4) is 0 Å². The number of amides is 3. The van der Waals surface area contributed by atoms with Gasteiger partial charge in [0.15, 0.2) is 0 Å². The van der Waals surface area contributed by atoms with Gasteiger partial charge in [0, 0.05) is 30.4 Å². The maximum Gasteiger partial charge on any atom is 0.319 e. The van der Waals surface area contributed by atoms with Crippen molar-refractivity contribution in [3.8, 4) is 0 Å². The Morgan fingerprint density at radius 1 is 1.07 bits per heavy atom. The second kappa shape index (κ2) is 9.19. The minimum Gasteiger partial charge on any atom is -0.377 e. The van der Waals surface area contributed by atoms with Gasteiger partial charge in [-0.3, -0.25) is 4.79 Å². The number of benzene rings is 2. The summed E-state index contributed by atoms with van der Waals surface area (Å²) in [6.07, 6.45) is 2.06. The maximum atomic E-state index is 12.5. The second-order valence-electron chi connectivity index (χ2n) is 6.54. The van der Waals surface area contributed by atoms with E-state index in [1.54, 1.807) is 24.3 Å². The molecule has 0 radical (unpaired) electrons. The first-order valence-electron chi connectivity index (χ1n) is 9.26. The molecule has 0 aromatic heterocycles. The normalized spacial score (nSPS) is 13.1. The lowest BCUT2D eigenvalue weighted by atomic mass is 10.1. The predicted molar refractivity (Wildman–Crippen MR) is 105 cm³/mol. The van der Waals surface area contributed by atoms with Crippen LogP contribution in [-0.4, -0.2) is 24.6 Å². The molecule has 0 heterocycles. The predicted octanol–water partition coefficient (Wildman–Crippen LogP) is 3.44. The number of hydrogen-bond donors (Lipinski definition) is 3. The summed E-state index contributed by atoms with van der Waals surface area (Å²) in [5.74, 6) is -0.188. The summed E-state index contributed by atoms with van der Waals surface area (Å²) in [5, 5.41) is 8.56. The molecule has 0 atom stereocenters. The Hall–Kier alpha value is -2.86. The van der Waals surface area contributed by atoms with E-state index in [9.17, 15) is 9.59 Å². The van der Waals surface area contributed by atoms with Crippen molar-refractivity contribution in [1.29, 1.82) is 0 Å². The quantitative estimate of drug-likeness (QED) is 0.669. The van der Waals surface area contributed by atoms with E-state index in [2.05, 4.69) is 16.0 Å². The van der Waals surface area contributed by atoms with Gasteiger partial charge in [0.05, 0.1) is 6.61 Å². The molecule has 1 fully saturated rings. The topological polar surface area (TPSA) is 79.5 Å². The summed E-state index contributed by atoms with van der Waals surface area (Å²) in [6.45, 7) is 3.55. The third-order valence-electron chi connectivity index (χ3n) is 4.31. The van der Waals surface area contributed by atoms with E-state index >= 15 is 0 Å². The molecule has 1 aliphatic carbocycles. The van der Waals surface area contributed by atoms with Crippen LogP contribution >= 0.6 is 0 Å². The minimum atomic E-state index is -0.236. The largest absolute Gasteiger partial charge is 0.377 e. The van der Waals surface area contributed by atoms with Crippen molar-refractivity contribution >= 4 is 17.6 Å². The molecule has 6 nitrogen and oxygen atoms in total. The van der Waals surface area contributed by atoms with Gasteiger partial charge >= 0.3 is 6.03 Å². The molecule has 0 unspecified atom stereocenters. The van der Waals surface area contributed by atoms with Gasteiger partial charge in [-0.25, -0.2) is 4.79 Å². The average Bonchev–Trinajstić information content (AvgIpc) is 3.49. The Bertz CT molecular complexity index is 803. The highest BCUT2D eigenvalue weighted by atomic mass is 16.5. The van der Waals surface area contributed by atoms with Gasteiger partial charge in [0.1, 0.15) is 0 Å². The van der Waals surface area contributed by atoms with Crippen LogP contribution in [0.2, 0.25) is 0 Å². The Kier molecular flexibility index (Phi) is 6.44. The standard InChI is InChI=1S/C21H25N3O3/c1-2-27-14-17-7-4-3-6-16(17)13-22-20(25)15-8-5-9-19(12-15)24-21(26)23-18-10-11-18/h3-9,12,18H,2,10-11,13-14H2,1H3,(H,22,25)(H2,23,24,26). The number of carbonyl (C=O) groups excluding carboxylic acids is 2. The van der Waals surface area contributed by atoms with E-state index in [-0.39, 0.29) is 18.0 Å². The van der Waals surface area contributed by atoms with Gasteiger partial charge in [0.25, 0.3) is 5.91 Å². The SMILES string of the molecule is CCOCc1ccccc1CNC(=O)c1cccc(NC(=O)NC2CC2)c1. The summed E-state index contributed by atoms with van der Waals surface area (Å²) in [5.41, 5.74) is 3.18.